The van der Waals surface area contributed by atoms with Crippen molar-refractivity contribution in [2.24, 2.45) is 0 Å². The first-order valence-electron chi connectivity index (χ1n) is 6.48. The molecule has 0 unspecified atom stereocenters. The predicted octanol–water partition coefficient (Wildman–Crippen LogP) is 3.51. The van der Waals surface area contributed by atoms with Gasteiger partial charge in [-0.3, -0.25) is 4.79 Å². The maximum absolute atomic E-state index is 10.8. The Morgan fingerprint density at radius 1 is 1.35 bits per heavy atom. The summed E-state index contributed by atoms with van der Waals surface area (Å²) >= 11 is 4.92. The molecule has 1 aliphatic rings. The number of halogens is 1. The van der Waals surface area contributed by atoms with Crippen LogP contribution in [0.25, 0.3) is 0 Å². The second-order valence-electron chi connectivity index (χ2n) is 4.75. The highest BCUT2D eigenvalue weighted by Gasteiger charge is 2.21. The quantitative estimate of drug-likeness (QED) is 0.787. The van der Waals surface area contributed by atoms with Crippen molar-refractivity contribution < 1.29 is 4.79 Å². The fourth-order valence-corrected chi connectivity index (χ4v) is 3.91. The van der Waals surface area contributed by atoms with Crippen molar-refractivity contribution in [3.8, 4) is 0 Å². The van der Waals surface area contributed by atoms with Crippen LogP contribution < -0.4 is 0 Å². The highest BCUT2D eigenvalue weighted by molar-refractivity contribution is 9.10. The van der Waals surface area contributed by atoms with Gasteiger partial charge in [0.15, 0.2) is 6.29 Å². The topological polar surface area (TPSA) is 60.7 Å². The molecule has 1 heterocycles. The Morgan fingerprint density at radius 3 is 2.85 bits per heavy atom. The minimum Gasteiger partial charge on any atom is -0.298 e. The van der Waals surface area contributed by atoms with E-state index in [1.165, 1.54) is 24.6 Å². The van der Waals surface area contributed by atoms with Crippen LogP contribution in [0.1, 0.15) is 42.1 Å². The molecule has 104 valence electrons. The van der Waals surface area contributed by atoms with Crippen LogP contribution in [-0.4, -0.2) is 26.5 Å². The Balaban J connectivity index is 1.82. The molecule has 1 aromatic heterocycles. The molecule has 0 saturated heterocycles. The summed E-state index contributed by atoms with van der Waals surface area (Å²) in [5, 5.41) is 12.8. The van der Waals surface area contributed by atoms with Crippen LogP contribution in [0.2, 0.25) is 0 Å². The van der Waals surface area contributed by atoms with Crippen LogP contribution in [0.5, 0.6) is 0 Å². The Bertz CT molecular complexity index is 625. The Kier molecular flexibility index (Phi) is 4.16. The normalized spacial score (nSPS) is 15.7. The third-order valence-electron chi connectivity index (χ3n) is 3.44. The molecule has 0 atom stereocenters. The number of carbonyl (C=O) groups is 1. The molecule has 0 spiro atoms. The monoisotopic (exact) mass is 352 g/mol. The maximum Gasteiger partial charge on any atom is 0.214 e. The van der Waals surface area contributed by atoms with E-state index in [2.05, 4.69) is 31.5 Å². The summed E-state index contributed by atoms with van der Waals surface area (Å²) in [5.74, 6) is 0. The summed E-state index contributed by atoms with van der Waals surface area (Å²) in [6, 6.07) is 6.04. The van der Waals surface area contributed by atoms with Gasteiger partial charge in [-0.2, -0.15) is 0 Å². The van der Waals surface area contributed by atoms with E-state index < -0.39 is 0 Å². The lowest BCUT2D eigenvalue weighted by molar-refractivity contribution is 0.112. The SMILES string of the molecule is O=Cc1ccc(Sc2nnnn2C2CCCC2)cc1Br. The largest absolute Gasteiger partial charge is 0.298 e. The lowest BCUT2D eigenvalue weighted by atomic mass is 10.2. The molecule has 3 rings (SSSR count). The van der Waals surface area contributed by atoms with Crippen molar-refractivity contribution >= 4 is 34.0 Å². The number of tetrazole rings is 1. The van der Waals surface area contributed by atoms with Gasteiger partial charge >= 0.3 is 0 Å². The van der Waals surface area contributed by atoms with Gasteiger partial charge in [-0.05, 0) is 53.2 Å². The highest BCUT2D eigenvalue weighted by Crippen LogP contribution is 2.34. The minimum atomic E-state index is 0.421. The van der Waals surface area contributed by atoms with Gasteiger partial charge in [0.2, 0.25) is 5.16 Å². The molecule has 0 radical (unpaired) electrons. The number of hydrogen-bond acceptors (Lipinski definition) is 5. The first-order chi connectivity index (χ1) is 9.78. The smallest absolute Gasteiger partial charge is 0.214 e. The molecule has 7 heteroatoms. The summed E-state index contributed by atoms with van der Waals surface area (Å²) in [7, 11) is 0. The number of hydrogen-bond donors (Lipinski definition) is 0. The number of carbonyl (C=O) groups excluding carboxylic acids is 1. The summed E-state index contributed by atoms with van der Waals surface area (Å²) in [4.78, 5) is 11.8. The van der Waals surface area contributed by atoms with Crippen molar-refractivity contribution in [2.75, 3.05) is 0 Å². The molecule has 1 aliphatic carbocycles. The Labute approximate surface area is 129 Å². The van der Waals surface area contributed by atoms with Crippen LogP contribution >= 0.6 is 27.7 Å². The molecular weight excluding hydrogens is 340 g/mol. The van der Waals surface area contributed by atoms with E-state index in [0.29, 0.717) is 11.6 Å². The van der Waals surface area contributed by atoms with Crippen LogP contribution in [0.3, 0.4) is 0 Å². The lowest BCUT2D eigenvalue weighted by Gasteiger charge is -2.10. The van der Waals surface area contributed by atoms with E-state index in [1.54, 1.807) is 6.07 Å². The molecule has 0 aliphatic heterocycles. The molecule has 0 N–H and O–H groups in total. The van der Waals surface area contributed by atoms with Gasteiger partial charge in [0.05, 0.1) is 6.04 Å². The average Bonchev–Trinajstić information content (AvgIpc) is 3.09. The summed E-state index contributed by atoms with van der Waals surface area (Å²) < 4.78 is 2.72. The molecule has 1 saturated carbocycles. The Morgan fingerprint density at radius 2 is 2.15 bits per heavy atom. The second kappa shape index (κ2) is 6.05. The van der Waals surface area contributed by atoms with Gasteiger partial charge in [-0.25, -0.2) is 4.68 Å². The van der Waals surface area contributed by atoms with E-state index >= 15 is 0 Å². The molecular formula is C13H13BrN4OS. The van der Waals surface area contributed by atoms with Crippen molar-refractivity contribution in [3.63, 3.8) is 0 Å². The van der Waals surface area contributed by atoms with Crippen molar-refractivity contribution in [1.29, 1.82) is 0 Å². The second-order valence-corrected chi connectivity index (χ2v) is 6.64. The zero-order valence-electron chi connectivity index (χ0n) is 10.7. The fourth-order valence-electron chi connectivity index (χ4n) is 2.40. The summed E-state index contributed by atoms with van der Waals surface area (Å²) in [6.45, 7) is 0. The van der Waals surface area contributed by atoms with Gasteiger partial charge in [0.25, 0.3) is 0 Å². The number of aromatic nitrogens is 4. The van der Waals surface area contributed by atoms with Gasteiger partial charge in [-0.15, -0.1) is 5.10 Å². The lowest BCUT2D eigenvalue weighted by Crippen LogP contribution is -2.08. The number of rotatable bonds is 4. The number of aldehydes is 1. The van der Waals surface area contributed by atoms with Gasteiger partial charge < -0.3 is 0 Å². The van der Waals surface area contributed by atoms with Crippen LogP contribution in [0.4, 0.5) is 0 Å². The maximum atomic E-state index is 10.8. The predicted molar refractivity (Wildman–Crippen MR) is 79.0 cm³/mol. The molecule has 20 heavy (non-hydrogen) atoms. The Hall–Kier alpha value is -1.21. The third kappa shape index (κ3) is 2.78. The zero-order chi connectivity index (χ0) is 13.9. The fraction of sp³-hybridized carbons (Fsp3) is 0.385. The molecule has 1 fully saturated rings. The van der Waals surface area contributed by atoms with E-state index in [9.17, 15) is 4.79 Å². The zero-order valence-corrected chi connectivity index (χ0v) is 13.1. The summed E-state index contributed by atoms with van der Waals surface area (Å²) in [6.07, 6.45) is 5.61. The summed E-state index contributed by atoms with van der Waals surface area (Å²) in [5.41, 5.74) is 0.643. The highest BCUT2D eigenvalue weighted by atomic mass is 79.9. The number of benzene rings is 1. The average molecular weight is 353 g/mol. The molecule has 1 aromatic carbocycles. The van der Waals surface area contributed by atoms with Crippen molar-refractivity contribution in [2.45, 2.75) is 41.8 Å². The van der Waals surface area contributed by atoms with Crippen LogP contribution in [0.15, 0.2) is 32.7 Å². The van der Waals surface area contributed by atoms with E-state index in [1.807, 2.05) is 16.8 Å². The van der Waals surface area contributed by atoms with E-state index in [-0.39, 0.29) is 0 Å². The van der Waals surface area contributed by atoms with Gasteiger partial charge in [0, 0.05) is 14.9 Å². The first-order valence-corrected chi connectivity index (χ1v) is 8.09. The molecule has 5 nitrogen and oxygen atoms in total. The van der Waals surface area contributed by atoms with Crippen molar-refractivity contribution in [1.82, 2.24) is 20.2 Å². The van der Waals surface area contributed by atoms with Crippen molar-refractivity contribution in [3.05, 3.63) is 28.2 Å². The van der Waals surface area contributed by atoms with Crippen LogP contribution in [0, 0.1) is 0 Å². The molecule has 0 amide bonds. The van der Waals surface area contributed by atoms with Gasteiger partial charge in [0.1, 0.15) is 0 Å². The third-order valence-corrected chi connectivity index (χ3v) is 5.07. The van der Waals surface area contributed by atoms with E-state index in [4.69, 9.17) is 0 Å². The number of nitrogens with zero attached hydrogens (tertiary/aromatic N) is 4. The minimum absolute atomic E-state index is 0.421. The molecule has 2 aromatic rings. The standard InChI is InChI=1S/C13H13BrN4OS/c14-12-7-11(6-5-9(12)8-19)20-13-15-16-17-18(13)10-3-1-2-4-10/h5-8,10H,1-4H2. The van der Waals surface area contributed by atoms with Gasteiger partial charge in [-0.1, -0.05) is 28.8 Å². The van der Waals surface area contributed by atoms with Crippen LogP contribution in [-0.2, 0) is 0 Å². The first kappa shape index (κ1) is 13.8. The molecule has 0 bridgehead atoms. The van der Waals surface area contributed by atoms with E-state index in [0.717, 1.165) is 33.7 Å².